The van der Waals surface area contributed by atoms with E-state index < -0.39 is 0 Å². The van der Waals surface area contributed by atoms with Crippen molar-refractivity contribution in [3.63, 3.8) is 0 Å². The molecular formula is C21H30N4O2. The number of hydrogen-bond donors (Lipinski definition) is 0. The number of aryl methyl sites for hydroxylation is 1. The molecule has 0 aromatic carbocycles. The van der Waals surface area contributed by atoms with Crippen molar-refractivity contribution < 1.29 is 9.32 Å². The van der Waals surface area contributed by atoms with Crippen LogP contribution in [0.4, 0.5) is 0 Å². The van der Waals surface area contributed by atoms with Gasteiger partial charge in [0.1, 0.15) is 5.82 Å². The van der Waals surface area contributed by atoms with Crippen LogP contribution in [0.1, 0.15) is 76.5 Å². The maximum atomic E-state index is 12.5. The van der Waals surface area contributed by atoms with Crippen molar-refractivity contribution in [2.75, 3.05) is 13.1 Å². The van der Waals surface area contributed by atoms with Gasteiger partial charge in [0, 0.05) is 36.7 Å². The molecule has 2 aromatic heterocycles. The van der Waals surface area contributed by atoms with Crippen molar-refractivity contribution >= 4 is 5.91 Å². The number of rotatable bonds is 3. The highest BCUT2D eigenvalue weighted by Crippen LogP contribution is 2.32. The van der Waals surface area contributed by atoms with E-state index in [-0.39, 0.29) is 23.2 Å². The van der Waals surface area contributed by atoms with Gasteiger partial charge in [-0.15, -0.1) is 0 Å². The molecule has 0 bridgehead atoms. The zero-order valence-corrected chi connectivity index (χ0v) is 17.2. The number of carbonyl (C=O) groups is 1. The van der Waals surface area contributed by atoms with E-state index in [1.165, 1.54) is 0 Å². The minimum Gasteiger partial charge on any atom is -0.356 e. The van der Waals surface area contributed by atoms with Gasteiger partial charge in [-0.2, -0.15) is 0 Å². The number of aromatic nitrogens is 3. The standard InChI is InChI=1S/C21H30N4O2/c1-13(2)18-16(17-11-14(3)24-27-17)12-22-19(23-18)15-7-9-25(10-8-15)20(26)21(4,5)6/h11-13,15H,7-10H2,1-6H3. The fraction of sp³-hybridized carbons (Fsp3) is 0.619. The average Bonchev–Trinajstić information content (AvgIpc) is 3.06. The normalized spacial score (nSPS) is 16.2. The van der Waals surface area contributed by atoms with Gasteiger partial charge >= 0.3 is 0 Å². The van der Waals surface area contributed by atoms with E-state index in [1.807, 2.05) is 44.9 Å². The fourth-order valence-electron chi connectivity index (χ4n) is 3.54. The van der Waals surface area contributed by atoms with E-state index in [0.29, 0.717) is 5.76 Å². The van der Waals surface area contributed by atoms with Crippen molar-refractivity contribution in [2.45, 2.75) is 66.2 Å². The maximum absolute atomic E-state index is 12.5. The Morgan fingerprint density at radius 1 is 1.26 bits per heavy atom. The molecule has 1 amide bonds. The summed E-state index contributed by atoms with van der Waals surface area (Å²) in [4.78, 5) is 24.0. The first kappa shape index (κ1) is 19.5. The van der Waals surface area contributed by atoms with Crippen molar-refractivity contribution in [1.29, 1.82) is 0 Å². The first-order chi connectivity index (χ1) is 12.7. The lowest BCUT2D eigenvalue weighted by molar-refractivity contribution is -0.140. The van der Waals surface area contributed by atoms with Crippen LogP contribution in [0.15, 0.2) is 16.8 Å². The summed E-state index contributed by atoms with van der Waals surface area (Å²) in [5.74, 6) is 2.36. The molecule has 27 heavy (non-hydrogen) atoms. The topological polar surface area (TPSA) is 72.1 Å². The molecule has 0 N–H and O–H groups in total. The summed E-state index contributed by atoms with van der Waals surface area (Å²) in [5.41, 5.74) is 2.42. The molecule has 0 saturated carbocycles. The Morgan fingerprint density at radius 2 is 1.93 bits per heavy atom. The Balaban J connectivity index is 1.79. The van der Waals surface area contributed by atoms with Crippen LogP contribution < -0.4 is 0 Å². The highest BCUT2D eigenvalue weighted by Gasteiger charge is 2.31. The first-order valence-electron chi connectivity index (χ1n) is 9.76. The Labute approximate surface area is 161 Å². The fourth-order valence-corrected chi connectivity index (χ4v) is 3.54. The largest absolute Gasteiger partial charge is 0.356 e. The third-order valence-electron chi connectivity index (χ3n) is 5.07. The molecule has 6 heteroatoms. The zero-order valence-electron chi connectivity index (χ0n) is 17.2. The van der Waals surface area contributed by atoms with E-state index >= 15 is 0 Å². The van der Waals surface area contributed by atoms with Crippen LogP contribution in [0.2, 0.25) is 0 Å². The Morgan fingerprint density at radius 3 is 2.44 bits per heavy atom. The summed E-state index contributed by atoms with van der Waals surface area (Å²) < 4.78 is 5.42. The van der Waals surface area contributed by atoms with E-state index in [4.69, 9.17) is 9.51 Å². The summed E-state index contributed by atoms with van der Waals surface area (Å²) in [6.07, 6.45) is 3.67. The second-order valence-corrected chi connectivity index (χ2v) is 8.83. The molecule has 3 rings (SSSR count). The third-order valence-corrected chi connectivity index (χ3v) is 5.07. The minimum absolute atomic E-state index is 0.223. The van der Waals surface area contributed by atoms with Gasteiger partial charge in [0.2, 0.25) is 5.91 Å². The van der Waals surface area contributed by atoms with Crippen LogP contribution in [-0.4, -0.2) is 39.0 Å². The average molecular weight is 370 g/mol. The van der Waals surface area contributed by atoms with Crippen LogP contribution >= 0.6 is 0 Å². The SMILES string of the molecule is Cc1cc(-c2cnc(C3CCN(C(=O)C(C)(C)C)CC3)nc2C(C)C)on1. The Hall–Kier alpha value is -2.24. The van der Waals surface area contributed by atoms with Gasteiger partial charge in [-0.05, 0) is 25.7 Å². The molecule has 0 atom stereocenters. The highest BCUT2D eigenvalue weighted by molar-refractivity contribution is 5.81. The van der Waals surface area contributed by atoms with Gasteiger partial charge in [-0.25, -0.2) is 9.97 Å². The summed E-state index contributed by atoms with van der Waals surface area (Å²) in [5, 5.41) is 3.98. The van der Waals surface area contributed by atoms with Crippen LogP contribution in [0.3, 0.4) is 0 Å². The second-order valence-electron chi connectivity index (χ2n) is 8.83. The molecule has 0 spiro atoms. The molecule has 3 heterocycles. The van der Waals surface area contributed by atoms with Crippen molar-refractivity contribution in [2.24, 2.45) is 5.41 Å². The molecule has 1 aliphatic heterocycles. The molecule has 0 aliphatic carbocycles. The molecule has 0 radical (unpaired) electrons. The van der Waals surface area contributed by atoms with E-state index in [1.54, 1.807) is 0 Å². The molecule has 146 valence electrons. The highest BCUT2D eigenvalue weighted by atomic mass is 16.5. The predicted molar refractivity (Wildman–Crippen MR) is 104 cm³/mol. The van der Waals surface area contributed by atoms with Gasteiger partial charge in [-0.3, -0.25) is 4.79 Å². The van der Waals surface area contributed by atoms with E-state index in [0.717, 1.165) is 48.7 Å². The molecule has 1 saturated heterocycles. The first-order valence-corrected chi connectivity index (χ1v) is 9.76. The number of piperidine rings is 1. The quantitative estimate of drug-likeness (QED) is 0.805. The van der Waals surface area contributed by atoms with Crippen LogP contribution in [-0.2, 0) is 4.79 Å². The van der Waals surface area contributed by atoms with E-state index in [2.05, 4.69) is 24.0 Å². The molecular weight excluding hydrogens is 340 g/mol. The summed E-state index contributed by atoms with van der Waals surface area (Å²) >= 11 is 0. The van der Waals surface area contributed by atoms with Gasteiger partial charge in [0.25, 0.3) is 0 Å². The van der Waals surface area contributed by atoms with E-state index in [9.17, 15) is 4.79 Å². The lowest BCUT2D eigenvalue weighted by Gasteiger charge is -2.35. The predicted octanol–water partition coefficient (Wildman–Crippen LogP) is 4.32. The number of hydrogen-bond acceptors (Lipinski definition) is 5. The number of carbonyl (C=O) groups excluding carboxylic acids is 1. The molecule has 6 nitrogen and oxygen atoms in total. The van der Waals surface area contributed by atoms with Gasteiger partial charge in [0.15, 0.2) is 5.76 Å². The number of likely N-dealkylation sites (tertiary alicyclic amines) is 1. The molecule has 0 unspecified atom stereocenters. The lowest BCUT2D eigenvalue weighted by Crippen LogP contribution is -2.43. The van der Waals surface area contributed by atoms with Crippen LogP contribution in [0.25, 0.3) is 11.3 Å². The number of nitrogens with zero attached hydrogens (tertiary/aromatic N) is 4. The molecule has 2 aromatic rings. The van der Waals surface area contributed by atoms with Crippen LogP contribution in [0.5, 0.6) is 0 Å². The summed E-state index contributed by atoms with van der Waals surface area (Å²) in [6, 6.07) is 1.92. The smallest absolute Gasteiger partial charge is 0.227 e. The Kier molecular flexibility index (Phi) is 5.36. The maximum Gasteiger partial charge on any atom is 0.227 e. The van der Waals surface area contributed by atoms with Crippen molar-refractivity contribution in [3.05, 3.63) is 29.5 Å². The summed E-state index contributed by atoms with van der Waals surface area (Å²) in [7, 11) is 0. The Bertz CT molecular complexity index is 812. The van der Waals surface area contributed by atoms with Crippen LogP contribution in [0, 0.1) is 12.3 Å². The van der Waals surface area contributed by atoms with Gasteiger partial charge in [0.05, 0.1) is 17.0 Å². The minimum atomic E-state index is -0.328. The monoisotopic (exact) mass is 370 g/mol. The molecule has 1 aliphatic rings. The number of amides is 1. The molecule has 1 fully saturated rings. The van der Waals surface area contributed by atoms with Crippen molar-refractivity contribution in [3.8, 4) is 11.3 Å². The van der Waals surface area contributed by atoms with Gasteiger partial charge < -0.3 is 9.42 Å². The summed E-state index contributed by atoms with van der Waals surface area (Å²) in [6.45, 7) is 13.6. The van der Waals surface area contributed by atoms with Crippen molar-refractivity contribution in [1.82, 2.24) is 20.0 Å². The second kappa shape index (κ2) is 7.41. The van der Waals surface area contributed by atoms with Gasteiger partial charge in [-0.1, -0.05) is 39.8 Å². The zero-order chi connectivity index (χ0) is 19.8. The third kappa shape index (κ3) is 4.20. The lowest BCUT2D eigenvalue weighted by atomic mass is 9.90.